The van der Waals surface area contributed by atoms with Gasteiger partial charge in [-0.3, -0.25) is 4.79 Å². The lowest BCUT2D eigenvalue weighted by atomic mass is 10.2. The Morgan fingerprint density at radius 2 is 1.82 bits per heavy atom. The van der Waals surface area contributed by atoms with E-state index in [2.05, 4.69) is 10.2 Å². The second-order valence-electron chi connectivity index (χ2n) is 4.12. The first-order valence-electron chi connectivity index (χ1n) is 5.75. The van der Waals surface area contributed by atoms with Crippen LogP contribution in [-0.2, 0) is 10.2 Å². The van der Waals surface area contributed by atoms with E-state index in [1.165, 1.54) is 24.3 Å². The van der Waals surface area contributed by atoms with Gasteiger partial charge in [0.1, 0.15) is 10.6 Å². The van der Waals surface area contributed by atoms with Crippen molar-refractivity contribution in [3.05, 3.63) is 47.0 Å². The molecule has 0 radical (unpaired) electrons. The van der Waals surface area contributed by atoms with Crippen LogP contribution in [0.2, 0.25) is 5.02 Å². The highest BCUT2D eigenvalue weighted by atomic mass is 35.5. The maximum absolute atomic E-state index is 12.9. The molecule has 0 aliphatic carbocycles. The minimum Gasteiger partial charge on any atom is -0.506 e. The van der Waals surface area contributed by atoms with Crippen LogP contribution in [0, 0.1) is 0 Å². The first kappa shape index (κ1) is 16.1. The summed E-state index contributed by atoms with van der Waals surface area (Å²) in [7, 11) is -4.83. The highest BCUT2D eigenvalue weighted by Gasteiger charge is 2.12. The number of phenolic OH excluding ortho intramolecular Hbond substituents is 1. The average Bonchev–Trinajstić information content (AvgIpc) is 2.47. The smallest absolute Gasteiger partial charge is 0.332 e. The van der Waals surface area contributed by atoms with Gasteiger partial charge in [-0.2, -0.15) is 18.6 Å². The Bertz CT molecular complexity index is 868. The second kappa shape index (κ2) is 6.20. The number of aromatic hydroxyl groups is 1. The molecule has 0 unspecified atom stereocenters. The Labute approximate surface area is 130 Å². The third kappa shape index (κ3) is 3.66. The van der Waals surface area contributed by atoms with Crippen molar-refractivity contribution in [2.24, 2.45) is 10.2 Å². The highest BCUT2D eigenvalue weighted by Crippen LogP contribution is 2.32. The van der Waals surface area contributed by atoms with Gasteiger partial charge in [0, 0.05) is 0 Å². The van der Waals surface area contributed by atoms with Crippen LogP contribution in [0.15, 0.2) is 51.5 Å². The number of azo groups is 1. The van der Waals surface area contributed by atoms with E-state index < -0.39 is 15.1 Å². The molecule has 9 heteroatoms. The van der Waals surface area contributed by atoms with Crippen LogP contribution < -0.4 is 0 Å². The molecule has 0 saturated carbocycles. The van der Waals surface area contributed by atoms with E-state index in [0.717, 1.165) is 12.1 Å². The van der Waals surface area contributed by atoms with Gasteiger partial charge in [-0.05, 0) is 30.3 Å². The molecule has 0 fully saturated rings. The zero-order valence-corrected chi connectivity index (χ0v) is 12.3. The molecule has 0 saturated heterocycles. The molecule has 0 aliphatic heterocycles. The molecule has 6 nitrogen and oxygen atoms in total. The lowest BCUT2D eigenvalue weighted by molar-refractivity contribution is 0.112. The van der Waals surface area contributed by atoms with Crippen molar-refractivity contribution in [3.63, 3.8) is 0 Å². The molecule has 2 aromatic rings. The summed E-state index contributed by atoms with van der Waals surface area (Å²) in [5.41, 5.74) is 0.190. The van der Waals surface area contributed by atoms with Crippen molar-refractivity contribution in [1.29, 1.82) is 0 Å². The molecule has 2 aromatic carbocycles. The maximum atomic E-state index is 12.9. The van der Waals surface area contributed by atoms with Crippen molar-refractivity contribution < 1.29 is 22.2 Å². The monoisotopic (exact) mass is 342 g/mol. The zero-order chi connectivity index (χ0) is 16.3. The number of phenols is 1. The van der Waals surface area contributed by atoms with Crippen LogP contribution in [0.4, 0.5) is 15.3 Å². The van der Waals surface area contributed by atoms with Gasteiger partial charge in [-0.25, -0.2) is 0 Å². The van der Waals surface area contributed by atoms with Crippen molar-refractivity contribution in [3.8, 4) is 5.75 Å². The van der Waals surface area contributed by atoms with E-state index >= 15 is 0 Å². The minimum absolute atomic E-state index is 0.0680. The summed E-state index contributed by atoms with van der Waals surface area (Å²) < 4.78 is 34.5. The Morgan fingerprint density at radius 3 is 2.45 bits per heavy atom. The average molecular weight is 343 g/mol. The van der Waals surface area contributed by atoms with Crippen LogP contribution in [0.3, 0.4) is 0 Å². The predicted octanol–water partition coefficient (Wildman–Crippen LogP) is 3.93. The molecular weight excluding hydrogens is 335 g/mol. The quantitative estimate of drug-likeness (QED) is 0.517. The van der Waals surface area contributed by atoms with Gasteiger partial charge >= 0.3 is 10.2 Å². The minimum atomic E-state index is -4.83. The first-order valence-corrected chi connectivity index (χ1v) is 7.51. The van der Waals surface area contributed by atoms with E-state index in [1.54, 1.807) is 0 Å². The van der Waals surface area contributed by atoms with Crippen LogP contribution in [0.1, 0.15) is 10.4 Å². The summed E-state index contributed by atoms with van der Waals surface area (Å²) in [5.74, 6) is -0.374. The molecule has 0 bridgehead atoms. The van der Waals surface area contributed by atoms with Crippen LogP contribution in [0.25, 0.3) is 0 Å². The van der Waals surface area contributed by atoms with Gasteiger partial charge in [0.25, 0.3) is 0 Å². The molecule has 2 rings (SSSR count). The number of rotatable bonds is 4. The van der Waals surface area contributed by atoms with Crippen molar-refractivity contribution in [2.75, 3.05) is 0 Å². The summed E-state index contributed by atoms with van der Waals surface area (Å²) in [5, 5.41) is 16.9. The number of halogens is 2. The molecule has 0 spiro atoms. The Hall–Kier alpha value is -2.32. The van der Waals surface area contributed by atoms with Gasteiger partial charge in [0.05, 0.1) is 22.0 Å². The van der Waals surface area contributed by atoms with E-state index in [1.807, 2.05) is 0 Å². The molecule has 0 heterocycles. The van der Waals surface area contributed by atoms with Gasteiger partial charge in [-0.15, -0.1) is 3.89 Å². The SMILES string of the molecule is O=Cc1cc(/N=N/c2cccc(S(=O)(=O)F)c2)cc(Cl)c1O. The van der Waals surface area contributed by atoms with Crippen molar-refractivity contribution in [1.82, 2.24) is 0 Å². The van der Waals surface area contributed by atoms with Crippen LogP contribution in [0.5, 0.6) is 5.75 Å². The normalized spacial score (nSPS) is 11.7. The molecule has 22 heavy (non-hydrogen) atoms. The van der Waals surface area contributed by atoms with E-state index in [9.17, 15) is 22.2 Å². The molecule has 0 amide bonds. The molecule has 0 atom stereocenters. The zero-order valence-electron chi connectivity index (χ0n) is 10.8. The topological polar surface area (TPSA) is 96.2 Å². The summed E-state index contributed by atoms with van der Waals surface area (Å²) in [4.78, 5) is 10.2. The molecule has 0 aromatic heterocycles. The summed E-state index contributed by atoms with van der Waals surface area (Å²) in [6.45, 7) is 0. The van der Waals surface area contributed by atoms with Crippen LogP contribution >= 0.6 is 11.6 Å². The van der Waals surface area contributed by atoms with Crippen molar-refractivity contribution in [2.45, 2.75) is 4.90 Å². The number of benzene rings is 2. The fourth-order valence-electron chi connectivity index (χ4n) is 1.57. The number of hydrogen-bond donors (Lipinski definition) is 1. The molecule has 114 valence electrons. The molecular formula is C13H8ClFN2O4S. The standard InChI is InChI=1S/C13H8ClFN2O4S/c14-12-6-10(4-8(7-18)13(12)19)17-16-9-2-1-3-11(5-9)22(15,20)21/h1-7,19H/b17-16+. The number of carbonyl (C=O) groups excluding carboxylic acids is 1. The van der Waals surface area contributed by atoms with Crippen LogP contribution in [-0.4, -0.2) is 19.8 Å². The number of carbonyl (C=O) groups is 1. The van der Waals surface area contributed by atoms with Gasteiger partial charge in [-0.1, -0.05) is 17.7 Å². The fourth-order valence-corrected chi connectivity index (χ4v) is 2.29. The maximum Gasteiger partial charge on any atom is 0.332 e. The Kier molecular flexibility index (Phi) is 4.53. The molecule has 1 N–H and O–H groups in total. The van der Waals surface area contributed by atoms with Gasteiger partial charge in [0.15, 0.2) is 6.29 Å². The lowest BCUT2D eigenvalue weighted by Crippen LogP contribution is -1.90. The Balaban J connectivity index is 2.37. The largest absolute Gasteiger partial charge is 0.506 e. The van der Waals surface area contributed by atoms with E-state index in [4.69, 9.17) is 11.6 Å². The van der Waals surface area contributed by atoms with E-state index in [-0.39, 0.29) is 27.7 Å². The Morgan fingerprint density at radius 1 is 1.14 bits per heavy atom. The summed E-state index contributed by atoms with van der Waals surface area (Å²) >= 11 is 5.73. The van der Waals surface area contributed by atoms with Crippen molar-refractivity contribution >= 4 is 39.5 Å². The second-order valence-corrected chi connectivity index (χ2v) is 5.87. The highest BCUT2D eigenvalue weighted by molar-refractivity contribution is 7.86. The third-order valence-corrected chi connectivity index (χ3v) is 3.69. The summed E-state index contributed by atoms with van der Waals surface area (Å²) in [6.07, 6.45) is 0.399. The van der Waals surface area contributed by atoms with Gasteiger partial charge in [0.2, 0.25) is 0 Å². The fraction of sp³-hybridized carbons (Fsp3) is 0. The molecule has 0 aliphatic rings. The lowest BCUT2D eigenvalue weighted by Gasteiger charge is -2.01. The number of nitrogens with zero attached hydrogens (tertiary/aromatic N) is 2. The number of aldehydes is 1. The van der Waals surface area contributed by atoms with E-state index in [0.29, 0.717) is 6.29 Å². The van der Waals surface area contributed by atoms with Gasteiger partial charge < -0.3 is 5.11 Å². The third-order valence-electron chi connectivity index (χ3n) is 2.58. The first-order chi connectivity index (χ1) is 10.3. The summed E-state index contributed by atoms with van der Waals surface area (Å²) in [6, 6.07) is 7.32. The number of hydrogen-bond acceptors (Lipinski definition) is 6. The predicted molar refractivity (Wildman–Crippen MR) is 77.4 cm³/mol.